The van der Waals surface area contributed by atoms with Crippen molar-refractivity contribution in [3.63, 3.8) is 0 Å². The number of carboxylic acids is 1. The second-order valence-corrected chi connectivity index (χ2v) is 9.15. The standard InChI is InChI=1S/C25H30N4O5/c1-25(2,3)29-20(9-10-22(30)31)24(33)27-17-6-4-5-15(11-17)14-34-18-7-8-19-16(12-18)13-21(28-19)23(26)32/h4-8,11-13,20,28-29H,9-10,14H2,1-3H3,(H2,26,32)(H,27,33)(H,30,31)/t20-/m0/s1. The third-order valence-electron chi connectivity index (χ3n) is 5.03. The lowest BCUT2D eigenvalue weighted by Gasteiger charge is -2.27. The van der Waals surface area contributed by atoms with Crippen LogP contribution >= 0.6 is 0 Å². The first kappa shape index (κ1) is 24.8. The number of benzene rings is 2. The van der Waals surface area contributed by atoms with E-state index < -0.39 is 17.9 Å². The molecule has 9 heteroatoms. The summed E-state index contributed by atoms with van der Waals surface area (Å²) in [5.74, 6) is -1.14. The zero-order valence-electron chi connectivity index (χ0n) is 19.5. The van der Waals surface area contributed by atoms with Gasteiger partial charge in [0.05, 0.1) is 6.04 Å². The molecule has 3 aromatic rings. The van der Waals surface area contributed by atoms with Gasteiger partial charge in [0.2, 0.25) is 5.91 Å². The van der Waals surface area contributed by atoms with Gasteiger partial charge in [-0.15, -0.1) is 0 Å². The van der Waals surface area contributed by atoms with E-state index >= 15 is 0 Å². The molecule has 6 N–H and O–H groups in total. The molecular formula is C25H30N4O5. The number of primary amides is 1. The number of hydrogen-bond donors (Lipinski definition) is 5. The number of hydrogen-bond acceptors (Lipinski definition) is 5. The van der Waals surface area contributed by atoms with Gasteiger partial charge < -0.3 is 31.2 Å². The Morgan fingerprint density at radius 2 is 1.88 bits per heavy atom. The van der Waals surface area contributed by atoms with Crippen LogP contribution in [0.1, 0.15) is 49.7 Å². The molecule has 0 fully saturated rings. The second kappa shape index (κ2) is 10.4. The SMILES string of the molecule is CC(C)(C)N[C@@H](CCC(=O)O)C(=O)Nc1cccc(COc2ccc3[nH]c(C(N)=O)cc3c2)c1. The fraction of sp³-hybridized carbons (Fsp3) is 0.320. The largest absolute Gasteiger partial charge is 0.489 e. The molecule has 0 aliphatic heterocycles. The number of nitrogens with one attached hydrogen (secondary N) is 3. The number of H-pyrrole nitrogens is 1. The Bertz CT molecular complexity index is 1200. The van der Waals surface area contributed by atoms with Crippen LogP contribution in [0.2, 0.25) is 0 Å². The number of aliphatic carboxylic acids is 1. The van der Waals surface area contributed by atoms with Crippen molar-refractivity contribution in [3.05, 3.63) is 59.8 Å². The zero-order valence-corrected chi connectivity index (χ0v) is 19.5. The fourth-order valence-electron chi connectivity index (χ4n) is 3.53. The zero-order chi connectivity index (χ0) is 24.9. The normalized spacial score (nSPS) is 12.3. The van der Waals surface area contributed by atoms with Gasteiger partial charge in [-0.3, -0.25) is 14.4 Å². The van der Waals surface area contributed by atoms with Gasteiger partial charge in [0, 0.05) is 28.6 Å². The van der Waals surface area contributed by atoms with Crippen LogP contribution in [-0.4, -0.2) is 39.5 Å². The summed E-state index contributed by atoms with van der Waals surface area (Å²) in [6.45, 7) is 6.04. The summed E-state index contributed by atoms with van der Waals surface area (Å²) >= 11 is 0. The van der Waals surface area contributed by atoms with Crippen LogP contribution < -0.4 is 21.1 Å². The molecule has 3 rings (SSSR count). The molecule has 0 aliphatic rings. The molecule has 0 saturated carbocycles. The first-order valence-corrected chi connectivity index (χ1v) is 10.9. The molecule has 1 atom stereocenters. The molecule has 0 spiro atoms. The molecule has 0 saturated heterocycles. The van der Waals surface area contributed by atoms with E-state index in [0.29, 0.717) is 17.1 Å². The number of aromatic nitrogens is 1. The lowest BCUT2D eigenvalue weighted by Crippen LogP contribution is -2.49. The van der Waals surface area contributed by atoms with E-state index in [9.17, 15) is 14.4 Å². The lowest BCUT2D eigenvalue weighted by molar-refractivity contribution is -0.137. The van der Waals surface area contributed by atoms with Gasteiger partial charge in [-0.25, -0.2) is 0 Å². The van der Waals surface area contributed by atoms with Crippen molar-refractivity contribution in [2.75, 3.05) is 5.32 Å². The van der Waals surface area contributed by atoms with E-state index in [2.05, 4.69) is 15.6 Å². The van der Waals surface area contributed by atoms with Gasteiger partial charge in [-0.1, -0.05) is 12.1 Å². The Balaban J connectivity index is 1.65. The number of nitrogens with two attached hydrogens (primary N) is 1. The van der Waals surface area contributed by atoms with Crippen molar-refractivity contribution in [3.8, 4) is 5.75 Å². The van der Waals surface area contributed by atoms with E-state index in [4.69, 9.17) is 15.6 Å². The van der Waals surface area contributed by atoms with Gasteiger partial charge in [-0.05, 0) is 69.2 Å². The highest BCUT2D eigenvalue weighted by Gasteiger charge is 2.24. The van der Waals surface area contributed by atoms with E-state index in [1.54, 1.807) is 18.2 Å². The van der Waals surface area contributed by atoms with Crippen LogP contribution in [0.4, 0.5) is 5.69 Å². The maximum Gasteiger partial charge on any atom is 0.303 e. The minimum atomic E-state index is -0.948. The maximum atomic E-state index is 12.8. The Morgan fingerprint density at radius 3 is 2.56 bits per heavy atom. The quantitative estimate of drug-likeness (QED) is 0.309. The topological polar surface area (TPSA) is 147 Å². The number of carbonyl (C=O) groups is 3. The van der Waals surface area contributed by atoms with E-state index in [0.717, 1.165) is 16.5 Å². The summed E-state index contributed by atoms with van der Waals surface area (Å²) < 4.78 is 5.89. The summed E-state index contributed by atoms with van der Waals surface area (Å²) in [5.41, 5.74) is 7.52. The summed E-state index contributed by atoms with van der Waals surface area (Å²) in [4.78, 5) is 38.1. The molecule has 0 bridgehead atoms. The van der Waals surface area contributed by atoms with Crippen molar-refractivity contribution in [1.82, 2.24) is 10.3 Å². The van der Waals surface area contributed by atoms with E-state index in [1.807, 2.05) is 51.1 Å². The smallest absolute Gasteiger partial charge is 0.303 e. The second-order valence-electron chi connectivity index (χ2n) is 9.15. The number of anilines is 1. The third-order valence-corrected chi connectivity index (χ3v) is 5.03. The number of carbonyl (C=O) groups excluding carboxylic acids is 2. The van der Waals surface area contributed by atoms with E-state index in [-0.39, 0.29) is 30.9 Å². The number of rotatable bonds is 10. The Labute approximate surface area is 197 Å². The first-order valence-electron chi connectivity index (χ1n) is 10.9. The van der Waals surface area contributed by atoms with Gasteiger partial charge in [0.25, 0.3) is 5.91 Å². The van der Waals surface area contributed by atoms with Gasteiger partial charge in [0.1, 0.15) is 18.1 Å². The molecular weight excluding hydrogens is 436 g/mol. The van der Waals surface area contributed by atoms with Gasteiger partial charge in [-0.2, -0.15) is 0 Å². The lowest BCUT2D eigenvalue weighted by atomic mass is 10.0. The predicted octanol–water partition coefficient (Wildman–Crippen LogP) is 3.41. The van der Waals surface area contributed by atoms with Crippen LogP contribution in [0.25, 0.3) is 10.9 Å². The molecule has 2 aromatic carbocycles. The molecule has 34 heavy (non-hydrogen) atoms. The Kier molecular flexibility index (Phi) is 7.57. The highest BCUT2D eigenvalue weighted by atomic mass is 16.5. The van der Waals surface area contributed by atoms with Crippen molar-refractivity contribution in [2.45, 2.75) is 51.8 Å². The van der Waals surface area contributed by atoms with Crippen molar-refractivity contribution >= 4 is 34.4 Å². The van der Waals surface area contributed by atoms with Crippen molar-refractivity contribution in [1.29, 1.82) is 0 Å². The van der Waals surface area contributed by atoms with Crippen molar-refractivity contribution < 1.29 is 24.2 Å². The fourth-order valence-corrected chi connectivity index (χ4v) is 3.53. The molecule has 180 valence electrons. The Morgan fingerprint density at radius 1 is 1.12 bits per heavy atom. The number of carboxylic acid groups (broad SMARTS) is 1. The summed E-state index contributed by atoms with van der Waals surface area (Å²) in [5, 5.41) is 15.9. The molecule has 0 unspecified atom stereocenters. The average Bonchev–Trinajstić information content (AvgIpc) is 3.18. The number of fused-ring (bicyclic) bond motifs is 1. The van der Waals surface area contributed by atoms with Crippen molar-refractivity contribution in [2.24, 2.45) is 5.73 Å². The summed E-state index contributed by atoms with van der Waals surface area (Å²) in [6.07, 6.45) is 0.0712. The van der Waals surface area contributed by atoms with Crippen LogP contribution in [0, 0.1) is 0 Å². The molecule has 1 heterocycles. The third kappa shape index (κ3) is 7.08. The molecule has 1 aromatic heterocycles. The average molecular weight is 467 g/mol. The molecule has 2 amide bonds. The van der Waals surface area contributed by atoms with Gasteiger partial charge >= 0.3 is 5.97 Å². The molecule has 9 nitrogen and oxygen atoms in total. The summed E-state index contributed by atoms with van der Waals surface area (Å²) in [6, 6.07) is 13.7. The molecule has 0 radical (unpaired) electrons. The highest BCUT2D eigenvalue weighted by Crippen LogP contribution is 2.23. The number of ether oxygens (including phenoxy) is 1. The molecule has 0 aliphatic carbocycles. The number of amides is 2. The predicted molar refractivity (Wildman–Crippen MR) is 130 cm³/mol. The summed E-state index contributed by atoms with van der Waals surface area (Å²) in [7, 11) is 0. The van der Waals surface area contributed by atoms with E-state index in [1.165, 1.54) is 0 Å². The Hall–Kier alpha value is -3.85. The maximum absolute atomic E-state index is 12.8. The van der Waals surface area contributed by atoms with Crippen LogP contribution in [0.5, 0.6) is 5.75 Å². The monoisotopic (exact) mass is 466 g/mol. The highest BCUT2D eigenvalue weighted by molar-refractivity contribution is 5.97. The minimum absolute atomic E-state index is 0.110. The first-order chi connectivity index (χ1) is 16.0. The van der Waals surface area contributed by atoms with Crippen LogP contribution in [0.15, 0.2) is 48.5 Å². The van der Waals surface area contributed by atoms with Gasteiger partial charge in [0.15, 0.2) is 0 Å². The van der Waals surface area contributed by atoms with Crippen LogP contribution in [0.3, 0.4) is 0 Å². The number of aromatic amines is 1. The minimum Gasteiger partial charge on any atom is -0.489 e. The van der Waals surface area contributed by atoms with Crippen LogP contribution in [-0.2, 0) is 16.2 Å².